The molecule has 3 rings (SSSR count). The Bertz CT molecular complexity index is 690. The van der Waals surface area contributed by atoms with Gasteiger partial charge in [0.1, 0.15) is 0 Å². The second-order valence-corrected chi connectivity index (χ2v) is 6.33. The Hall–Kier alpha value is -2.21. The Morgan fingerprint density at radius 3 is 2.83 bits per heavy atom. The molecule has 1 N–H and O–H groups in total. The van der Waals surface area contributed by atoms with Crippen LogP contribution in [0.15, 0.2) is 28.8 Å². The maximum Gasteiger partial charge on any atom is 0.238 e. The largest absolute Gasteiger partial charge is 0.339 e. The van der Waals surface area contributed by atoms with Crippen molar-refractivity contribution in [2.75, 3.05) is 25.0 Å². The molecule has 2 aromatic rings. The molecule has 0 spiro atoms. The molecule has 0 atom stereocenters. The lowest BCUT2D eigenvalue weighted by Gasteiger charge is -2.29. The first-order chi connectivity index (χ1) is 11.6. The molecular weight excluding hydrogens is 304 g/mol. The Morgan fingerprint density at radius 1 is 1.38 bits per heavy atom. The van der Waals surface area contributed by atoms with Gasteiger partial charge in [-0.05, 0) is 57.0 Å². The minimum absolute atomic E-state index is 0.0373. The molecule has 0 aliphatic carbocycles. The van der Waals surface area contributed by atoms with Crippen LogP contribution in [-0.4, -0.2) is 40.6 Å². The van der Waals surface area contributed by atoms with E-state index in [0.717, 1.165) is 43.9 Å². The Labute approximate surface area is 142 Å². The zero-order valence-electron chi connectivity index (χ0n) is 14.3. The average Bonchev–Trinajstić information content (AvgIpc) is 3.02. The van der Waals surface area contributed by atoms with Gasteiger partial charge in [0, 0.05) is 11.6 Å². The van der Waals surface area contributed by atoms with Crippen LogP contribution < -0.4 is 5.32 Å². The quantitative estimate of drug-likeness (QED) is 0.914. The number of carbonyl (C=O) groups excluding carboxylic acids is 1. The fourth-order valence-corrected chi connectivity index (χ4v) is 3.09. The Morgan fingerprint density at radius 2 is 2.17 bits per heavy atom. The van der Waals surface area contributed by atoms with E-state index in [0.29, 0.717) is 18.3 Å². The van der Waals surface area contributed by atoms with Crippen molar-refractivity contribution < 1.29 is 9.32 Å². The van der Waals surface area contributed by atoms with Crippen molar-refractivity contribution in [2.24, 2.45) is 0 Å². The van der Waals surface area contributed by atoms with Crippen molar-refractivity contribution in [1.82, 2.24) is 15.0 Å². The molecule has 6 nitrogen and oxygen atoms in total. The summed E-state index contributed by atoms with van der Waals surface area (Å²) in [7, 11) is 0. The maximum absolute atomic E-state index is 12.2. The molecule has 0 unspecified atom stereocenters. The van der Waals surface area contributed by atoms with Gasteiger partial charge in [-0.25, -0.2) is 0 Å². The minimum Gasteiger partial charge on any atom is -0.339 e. The summed E-state index contributed by atoms with van der Waals surface area (Å²) in [6.07, 6.45) is 2.85. The van der Waals surface area contributed by atoms with E-state index in [9.17, 15) is 4.79 Å². The smallest absolute Gasteiger partial charge is 0.238 e. The van der Waals surface area contributed by atoms with Crippen LogP contribution >= 0.6 is 0 Å². The number of nitrogens with zero attached hydrogens (tertiary/aromatic N) is 3. The molecule has 1 aromatic heterocycles. The molecule has 1 aromatic carbocycles. The number of anilines is 1. The topological polar surface area (TPSA) is 71.3 Å². The standard InChI is InChI=1S/C18H24N4O2/c1-3-14-5-4-6-16(11-14)20-17(23)12-22-9-7-15(8-10-22)18-19-13(2)21-24-18/h4-6,11,15H,3,7-10,12H2,1-2H3,(H,20,23). The number of aryl methyl sites for hydroxylation is 2. The lowest BCUT2D eigenvalue weighted by molar-refractivity contribution is -0.117. The van der Waals surface area contributed by atoms with Gasteiger partial charge in [0.2, 0.25) is 11.8 Å². The number of aromatic nitrogens is 2. The second-order valence-electron chi connectivity index (χ2n) is 6.33. The highest BCUT2D eigenvalue weighted by molar-refractivity contribution is 5.92. The molecule has 6 heteroatoms. The molecule has 1 aliphatic rings. The van der Waals surface area contributed by atoms with E-state index in [4.69, 9.17) is 4.52 Å². The van der Waals surface area contributed by atoms with E-state index in [1.807, 2.05) is 25.1 Å². The molecule has 0 bridgehead atoms. The molecule has 128 valence electrons. The summed E-state index contributed by atoms with van der Waals surface area (Å²) in [5.74, 6) is 1.76. The summed E-state index contributed by atoms with van der Waals surface area (Å²) in [4.78, 5) is 18.7. The number of likely N-dealkylation sites (tertiary alicyclic amines) is 1. The summed E-state index contributed by atoms with van der Waals surface area (Å²) >= 11 is 0. The highest BCUT2D eigenvalue weighted by Crippen LogP contribution is 2.26. The van der Waals surface area contributed by atoms with E-state index in [1.165, 1.54) is 5.56 Å². The molecular formula is C18H24N4O2. The molecule has 1 amide bonds. The fraction of sp³-hybridized carbons (Fsp3) is 0.500. The van der Waals surface area contributed by atoms with Crippen LogP contribution in [0.25, 0.3) is 0 Å². The number of carbonyl (C=O) groups is 1. The summed E-state index contributed by atoms with van der Waals surface area (Å²) in [5, 5.41) is 6.85. The number of piperidine rings is 1. The SMILES string of the molecule is CCc1cccc(NC(=O)CN2CCC(c3nc(C)no3)CC2)c1. The normalized spacial score (nSPS) is 16.2. The minimum atomic E-state index is 0.0373. The maximum atomic E-state index is 12.2. The zero-order chi connectivity index (χ0) is 16.9. The van der Waals surface area contributed by atoms with Gasteiger partial charge in [-0.2, -0.15) is 4.98 Å². The third kappa shape index (κ3) is 4.20. The van der Waals surface area contributed by atoms with Crippen molar-refractivity contribution in [1.29, 1.82) is 0 Å². The summed E-state index contributed by atoms with van der Waals surface area (Å²) in [6.45, 7) is 6.10. The van der Waals surface area contributed by atoms with Crippen molar-refractivity contribution >= 4 is 11.6 Å². The highest BCUT2D eigenvalue weighted by Gasteiger charge is 2.25. The van der Waals surface area contributed by atoms with Gasteiger partial charge in [-0.1, -0.05) is 24.2 Å². The summed E-state index contributed by atoms with van der Waals surface area (Å²) in [5.41, 5.74) is 2.10. The number of rotatable bonds is 5. The molecule has 1 fully saturated rings. The predicted molar refractivity (Wildman–Crippen MR) is 91.9 cm³/mol. The lowest BCUT2D eigenvalue weighted by Crippen LogP contribution is -2.38. The molecule has 24 heavy (non-hydrogen) atoms. The van der Waals surface area contributed by atoms with Gasteiger partial charge >= 0.3 is 0 Å². The number of nitrogens with one attached hydrogen (secondary N) is 1. The fourth-order valence-electron chi connectivity index (χ4n) is 3.09. The van der Waals surface area contributed by atoms with Gasteiger partial charge in [-0.3, -0.25) is 9.69 Å². The van der Waals surface area contributed by atoms with E-state index >= 15 is 0 Å². The van der Waals surface area contributed by atoms with Gasteiger partial charge in [-0.15, -0.1) is 0 Å². The first-order valence-electron chi connectivity index (χ1n) is 8.55. The van der Waals surface area contributed by atoms with Crippen molar-refractivity contribution in [3.8, 4) is 0 Å². The Kier molecular flexibility index (Phi) is 5.25. The highest BCUT2D eigenvalue weighted by atomic mass is 16.5. The van der Waals surface area contributed by atoms with Crippen LogP contribution in [0.4, 0.5) is 5.69 Å². The number of benzene rings is 1. The predicted octanol–water partition coefficient (Wildman–Crippen LogP) is 2.76. The van der Waals surface area contributed by atoms with E-state index in [2.05, 4.69) is 33.3 Å². The van der Waals surface area contributed by atoms with Crippen LogP contribution in [0.1, 0.15) is 43.0 Å². The monoisotopic (exact) mass is 328 g/mol. The van der Waals surface area contributed by atoms with Crippen LogP contribution in [0, 0.1) is 6.92 Å². The molecule has 2 heterocycles. The van der Waals surface area contributed by atoms with Crippen LogP contribution in [-0.2, 0) is 11.2 Å². The average molecular weight is 328 g/mol. The molecule has 1 aliphatic heterocycles. The molecule has 0 saturated carbocycles. The van der Waals surface area contributed by atoms with Gasteiger partial charge in [0.05, 0.1) is 6.54 Å². The van der Waals surface area contributed by atoms with Crippen LogP contribution in [0.3, 0.4) is 0 Å². The van der Waals surface area contributed by atoms with Crippen molar-refractivity contribution in [3.63, 3.8) is 0 Å². The lowest BCUT2D eigenvalue weighted by atomic mass is 9.97. The summed E-state index contributed by atoms with van der Waals surface area (Å²) in [6, 6.07) is 8.01. The van der Waals surface area contributed by atoms with Gasteiger partial charge < -0.3 is 9.84 Å². The molecule has 0 radical (unpaired) electrons. The zero-order valence-corrected chi connectivity index (χ0v) is 14.3. The number of amides is 1. The first-order valence-corrected chi connectivity index (χ1v) is 8.55. The van der Waals surface area contributed by atoms with Gasteiger partial charge in [0.25, 0.3) is 0 Å². The third-order valence-corrected chi connectivity index (χ3v) is 4.47. The van der Waals surface area contributed by atoms with Crippen molar-refractivity contribution in [3.05, 3.63) is 41.5 Å². The number of hydrogen-bond acceptors (Lipinski definition) is 5. The van der Waals surface area contributed by atoms with Crippen molar-refractivity contribution in [2.45, 2.75) is 39.0 Å². The van der Waals surface area contributed by atoms with Crippen LogP contribution in [0.5, 0.6) is 0 Å². The van der Waals surface area contributed by atoms with E-state index in [1.54, 1.807) is 0 Å². The second kappa shape index (κ2) is 7.57. The Balaban J connectivity index is 1.47. The summed E-state index contributed by atoms with van der Waals surface area (Å²) < 4.78 is 5.26. The number of hydrogen-bond donors (Lipinski definition) is 1. The third-order valence-electron chi connectivity index (χ3n) is 4.47. The van der Waals surface area contributed by atoms with Gasteiger partial charge in [0.15, 0.2) is 5.82 Å². The van der Waals surface area contributed by atoms with E-state index < -0.39 is 0 Å². The van der Waals surface area contributed by atoms with Crippen LogP contribution in [0.2, 0.25) is 0 Å². The first kappa shape index (κ1) is 16.6. The van der Waals surface area contributed by atoms with E-state index in [-0.39, 0.29) is 5.91 Å². The molecule has 1 saturated heterocycles.